The van der Waals surface area contributed by atoms with E-state index in [-0.39, 0.29) is 18.5 Å². The van der Waals surface area contributed by atoms with Crippen LogP contribution in [0.5, 0.6) is 0 Å². The molecule has 2 aromatic carbocycles. The fourth-order valence-corrected chi connectivity index (χ4v) is 1.85. The third kappa shape index (κ3) is 4.65. The van der Waals surface area contributed by atoms with E-state index in [4.69, 9.17) is 10.6 Å². The Hall–Kier alpha value is -1.39. The van der Waals surface area contributed by atoms with Crippen LogP contribution in [0, 0.1) is 0 Å². The normalized spacial score (nSPS) is 10.2. The molecule has 2 rings (SSSR count). The van der Waals surface area contributed by atoms with E-state index in [1.165, 1.54) is 0 Å². The third-order valence-electron chi connectivity index (χ3n) is 2.69. The number of ether oxygens (including phenoxy) is 1. The Morgan fingerprint density at radius 3 is 1.68 bits per heavy atom. The smallest absolute Gasteiger partial charge is 0.108 e. The lowest BCUT2D eigenvalue weighted by Crippen LogP contribution is -2.13. The van der Waals surface area contributed by atoms with Gasteiger partial charge in [-0.3, -0.25) is 0 Å². The van der Waals surface area contributed by atoms with Gasteiger partial charge < -0.3 is 9.57 Å². The Balaban J connectivity index is 0.00000180. The summed E-state index contributed by atoms with van der Waals surface area (Å²) in [5, 5.41) is 0. The van der Waals surface area contributed by atoms with E-state index in [0.717, 1.165) is 11.1 Å². The molecule has 0 atom stereocenters. The van der Waals surface area contributed by atoms with E-state index in [2.05, 4.69) is 29.1 Å². The van der Waals surface area contributed by atoms with E-state index in [0.29, 0.717) is 13.2 Å². The number of rotatable bonds is 6. The Bertz CT molecular complexity index is 411. The van der Waals surface area contributed by atoms with Gasteiger partial charge in [-0.05, 0) is 11.1 Å². The number of nitrogens with two attached hydrogens (primary N) is 1. The average molecular weight is 280 g/mol. The summed E-state index contributed by atoms with van der Waals surface area (Å²) in [4.78, 5) is 4.54. The molecule has 0 radical (unpaired) electrons. The van der Waals surface area contributed by atoms with E-state index in [1.807, 2.05) is 36.4 Å². The number of hydrogen-bond acceptors (Lipinski definition) is 3. The molecule has 0 saturated heterocycles. The van der Waals surface area contributed by atoms with Crippen LogP contribution >= 0.6 is 12.4 Å². The maximum Gasteiger partial charge on any atom is 0.108 e. The van der Waals surface area contributed by atoms with Crippen LogP contribution in [0.4, 0.5) is 0 Å². The minimum atomic E-state index is -0.0810. The maximum atomic E-state index is 5.85. The zero-order chi connectivity index (χ0) is 12.6. The fourth-order valence-electron chi connectivity index (χ4n) is 1.85. The van der Waals surface area contributed by atoms with Crippen LogP contribution in [-0.4, -0.2) is 13.2 Å². The molecule has 0 unspecified atom stereocenters. The number of benzene rings is 2. The summed E-state index contributed by atoms with van der Waals surface area (Å²) >= 11 is 0. The molecule has 2 N–H and O–H groups in total. The van der Waals surface area contributed by atoms with Gasteiger partial charge >= 0.3 is 0 Å². The second-order valence-electron chi connectivity index (χ2n) is 3.94. The average Bonchev–Trinajstić information content (AvgIpc) is 2.46. The van der Waals surface area contributed by atoms with Crippen LogP contribution < -0.4 is 5.90 Å². The fraction of sp³-hybridized carbons (Fsp3) is 0.200. The first-order valence-corrected chi connectivity index (χ1v) is 5.95. The summed E-state index contributed by atoms with van der Waals surface area (Å²) in [6, 6.07) is 20.2. The molecule has 0 aliphatic rings. The molecule has 3 nitrogen and oxygen atoms in total. The summed E-state index contributed by atoms with van der Waals surface area (Å²) in [6.45, 7) is 0.848. The highest BCUT2D eigenvalue weighted by Crippen LogP contribution is 2.25. The van der Waals surface area contributed by atoms with Crippen LogP contribution in [0.3, 0.4) is 0 Å². The zero-order valence-corrected chi connectivity index (χ0v) is 11.4. The highest BCUT2D eigenvalue weighted by molar-refractivity contribution is 5.85. The van der Waals surface area contributed by atoms with Crippen LogP contribution in [0.15, 0.2) is 60.7 Å². The third-order valence-corrected chi connectivity index (χ3v) is 2.69. The van der Waals surface area contributed by atoms with Gasteiger partial charge in [-0.1, -0.05) is 60.7 Å². The molecule has 4 heteroatoms. The van der Waals surface area contributed by atoms with Crippen molar-refractivity contribution in [3.63, 3.8) is 0 Å². The van der Waals surface area contributed by atoms with Gasteiger partial charge in [0, 0.05) is 0 Å². The largest absolute Gasteiger partial charge is 0.366 e. The predicted octanol–water partition coefficient (Wildman–Crippen LogP) is 3.10. The van der Waals surface area contributed by atoms with Gasteiger partial charge in [0.1, 0.15) is 6.10 Å². The molecule has 0 aliphatic heterocycles. The summed E-state index contributed by atoms with van der Waals surface area (Å²) in [7, 11) is 0. The molecule has 2 aromatic rings. The van der Waals surface area contributed by atoms with Crippen LogP contribution in [-0.2, 0) is 9.57 Å². The standard InChI is InChI=1S/C15H17NO2.ClH/c16-18-12-11-17-15(13-7-3-1-4-8-13)14-9-5-2-6-10-14;/h1-10,15H,11-12,16H2;1H. The van der Waals surface area contributed by atoms with Gasteiger partial charge in [0.05, 0.1) is 13.2 Å². The molecular weight excluding hydrogens is 262 g/mol. The Morgan fingerprint density at radius 2 is 1.26 bits per heavy atom. The van der Waals surface area contributed by atoms with Gasteiger partial charge in [-0.15, -0.1) is 12.4 Å². The quantitative estimate of drug-likeness (QED) is 0.653. The molecule has 102 valence electrons. The second kappa shape index (κ2) is 8.67. The van der Waals surface area contributed by atoms with Crippen molar-refractivity contribution in [3.05, 3.63) is 71.8 Å². The first kappa shape index (κ1) is 15.7. The number of halogens is 1. The van der Waals surface area contributed by atoms with Gasteiger partial charge in [0.15, 0.2) is 0 Å². The first-order valence-electron chi connectivity index (χ1n) is 5.95. The van der Waals surface area contributed by atoms with Gasteiger partial charge in [0.25, 0.3) is 0 Å². The van der Waals surface area contributed by atoms with Crippen LogP contribution in [0.2, 0.25) is 0 Å². The molecule has 0 fully saturated rings. The van der Waals surface area contributed by atoms with Crippen LogP contribution in [0.25, 0.3) is 0 Å². The maximum absolute atomic E-state index is 5.85. The predicted molar refractivity (Wildman–Crippen MR) is 78.1 cm³/mol. The van der Waals surface area contributed by atoms with E-state index in [9.17, 15) is 0 Å². The van der Waals surface area contributed by atoms with E-state index >= 15 is 0 Å². The highest BCUT2D eigenvalue weighted by Gasteiger charge is 2.13. The Morgan fingerprint density at radius 1 is 0.789 bits per heavy atom. The molecule has 0 saturated carbocycles. The summed E-state index contributed by atoms with van der Waals surface area (Å²) in [5.74, 6) is 5.01. The minimum absolute atomic E-state index is 0. The molecule has 19 heavy (non-hydrogen) atoms. The molecule has 0 heterocycles. The topological polar surface area (TPSA) is 44.5 Å². The molecule has 0 amide bonds. The first-order chi connectivity index (χ1) is 8.92. The minimum Gasteiger partial charge on any atom is -0.366 e. The number of hydrogen-bond donors (Lipinski definition) is 1. The zero-order valence-electron chi connectivity index (χ0n) is 10.6. The summed E-state index contributed by atoms with van der Waals surface area (Å²) in [5.41, 5.74) is 2.25. The van der Waals surface area contributed by atoms with Crippen molar-refractivity contribution < 1.29 is 9.57 Å². The van der Waals surface area contributed by atoms with E-state index < -0.39 is 0 Å². The lowest BCUT2D eigenvalue weighted by Gasteiger charge is -2.18. The van der Waals surface area contributed by atoms with Gasteiger partial charge in [-0.2, -0.15) is 0 Å². The van der Waals surface area contributed by atoms with Crippen molar-refractivity contribution in [1.29, 1.82) is 0 Å². The Kier molecular flexibility index (Phi) is 7.15. The van der Waals surface area contributed by atoms with Crippen molar-refractivity contribution in [3.8, 4) is 0 Å². The molecule has 0 aliphatic carbocycles. The summed E-state index contributed by atoms with van der Waals surface area (Å²) < 4.78 is 5.85. The van der Waals surface area contributed by atoms with Crippen molar-refractivity contribution in [2.24, 2.45) is 5.90 Å². The molecule has 0 bridgehead atoms. The van der Waals surface area contributed by atoms with E-state index in [1.54, 1.807) is 0 Å². The van der Waals surface area contributed by atoms with Crippen molar-refractivity contribution in [1.82, 2.24) is 0 Å². The lowest BCUT2D eigenvalue weighted by atomic mass is 10.0. The second-order valence-corrected chi connectivity index (χ2v) is 3.94. The highest BCUT2D eigenvalue weighted by atomic mass is 35.5. The van der Waals surface area contributed by atoms with Crippen molar-refractivity contribution in [2.75, 3.05) is 13.2 Å². The van der Waals surface area contributed by atoms with Gasteiger partial charge in [0.2, 0.25) is 0 Å². The SMILES string of the molecule is Cl.NOCCOC(c1ccccc1)c1ccccc1. The molecule has 0 aromatic heterocycles. The van der Waals surface area contributed by atoms with Crippen molar-refractivity contribution in [2.45, 2.75) is 6.10 Å². The van der Waals surface area contributed by atoms with Crippen molar-refractivity contribution >= 4 is 12.4 Å². The summed E-state index contributed by atoms with van der Waals surface area (Å²) in [6.07, 6.45) is -0.0810. The molecule has 0 spiro atoms. The lowest BCUT2D eigenvalue weighted by molar-refractivity contribution is 0.0195. The van der Waals surface area contributed by atoms with Gasteiger partial charge in [-0.25, -0.2) is 5.90 Å². The van der Waals surface area contributed by atoms with Crippen LogP contribution in [0.1, 0.15) is 17.2 Å². The molecular formula is C15H18ClNO2. The Labute approximate surface area is 119 Å². The monoisotopic (exact) mass is 279 g/mol.